The topological polar surface area (TPSA) is 41.1 Å². The third-order valence-corrected chi connectivity index (χ3v) is 3.91. The van der Waals surface area contributed by atoms with E-state index in [1.165, 1.54) is 25.7 Å². The zero-order valence-electron chi connectivity index (χ0n) is 11.6. The van der Waals surface area contributed by atoms with Crippen LogP contribution in [0.15, 0.2) is 0 Å². The summed E-state index contributed by atoms with van der Waals surface area (Å²) in [7, 11) is 0. The van der Waals surface area contributed by atoms with Crippen molar-refractivity contribution in [1.29, 1.82) is 0 Å². The molecule has 0 aromatic rings. The fourth-order valence-corrected chi connectivity index (χ4v) is 2.47. The van der Waals surface area contributed by atoms with Crippen molar-refractivity contribution in [3.63, 3.8) is 0 Å². The summed E-state index contributed by atoms with van der Waals surface area (Å²) >= 11 is 0. The zero-order chi connectivity index (χ0) is 12.7. The Morgan fingerprint density at radius 3 is 2.35 bits per heavy atom. The van der Waals surface area contributed by atoms with Gasteiger partial charge in [0.1, 0.15) is 0 Å². The van der Waals surface area contributed by atoms with Gasteiger partial charge in [-0.3, -0.25) is 4.79 Å². The number of carbonyl (C=O) groups excluding carboxylic acids is 1. The number of nitrogens with one attached hydrogen (secondary N) is 2. The predicted octanol–water partition coefficient (Wildman–Crippen LogP) is 2.46. The fourth-order valence-electron chi connectivity index (χ4n) is 2.47. The molecule has 3 heteroatoms. The largest absolute Gasteiger partial charge is 0.352 e. The van der Waals surface area contributed by atoms with E-state index in [1.54, 1.807) is 0 Å². The van der Waals surface area contributed by atoms with Crippen molar-refractivity contribution in [2.24, 2.45) is 5.92 Å². The van der Waals surface area contributed by atoms with E-state index in [0.717, 1.165) is 25.3 Å². The van der Waals surface area contributed by atoms with Crippen LogP contribution in [-0.2, 0) is 4.79 Å². The first-order valence-electron chi connectivity index (χ1n) is 7.21. The Labute approximate surface area is 106 Å². The van der Waals surface area contributed by atoms with Gasteiger partial charge in [-0.25, -0.2) is 0 Å². The van der Waals surface area contributed by atoms with Gasteiger partial charge in [-0.2, -0.15) is 0 Å². The third-order valence-electron chi connectivity index (χ3n) is 3.91. The molecule has 17 heavy (non-hydrogen) atoms. The molecule has 1 rings (SSSR count). The monoisotopic (exact) mass is 240 g/mol. The van der Waals surface area contributed by atoms with Gasteiger partial charge < -0.3 is 10.6 Å². The molecule has 2 N–H and O–H groups in total. The lowest BCUT2D eigenvalue weighted by Crippen LogP contribution is -2.46. The minimum absolute atomic E-state index is 0.0591. The van der Waals surface area contributed by atoms with Crippen LogP contribution >= 0.6 is 0 Å². The molecule has 0 aromatic carbocycles. The normalized spacial score (nSPS) is 18.6. The molecule has 0 saturated heterocycles. The van der Waals surface area contributed by atoms with E-state index in [4.69, 9.17) is 0 Å². The van der Waals surface area contributed by atoms with E-state index in [2.05, 4.69) is 24.5 Å². The van der Waals surface area contributed by atoms with Gasteiger partial charge in [0, 0.05) is 6.04 Å². The fraction of sp³-hybridized carbons (Fsp3) is 0.929. The summed E-state index contributed by atoms with van der Waals surface area (Å²) in [6.45, 7) is 7.19. The molecule has 1 aliphatic rings. The molecular formula is C14H28N2O. The lowest BCUT2D eigenvalue weighted by atomic mass is 10.1. The highest BCUT2D eigenvalue weighted by Crippen LogP contribution is 2.23. The first-order chi connectivity index (χ1) is 8.17. The highest BCUT2D eigenvalue weighted by atomic mass is 16.2. The number of hydrogen-bond acceptors (Lipinski definition) is 2. The molecule has 1 amide bonds. The first kappa shape index (κ1) is 14.5. The smallest absolute Gasteiger partial charge is 0.237 e. The maximum atomic E-state index is 11.9. The second-order valence-corrected chi connectivity index (χ2v) is 5.30. The molecule has 0 radical (unpaired) electrons. The van der Waals surface area contributed by atoms with Gasteiger partial charge in [0.05, 0.1) is 6.04 Å². The number of amides is 1. The van der Waals surface area contributed by atoms with Gasteiger partial charge >= 0.3 is 0 Å². The number of carbonyl (C=O) groups is 1. The molecule has 0 heterocycles. The van der Waals surface area contributed by atoms with Crippen molar-refractivity contribution in [3.8, 4) is 0 Å². The van der Waals surface area contributed by atoms with Crippen LogP contribution in [0.3, 0.4) is 0 Å². The molecule has 0 spiro atoms. The van der Waals surface area contributed by atoms with Crippen LogP contribution in [0.2, 0.25) is 0 Å². The molecule has 1 saturated carbocycles. The second-order valence-electron chi connectivity index (χ2n) is 5.30. The molecule has 1 unspecified atom stereocenters. The highest BCUT2D eigenvalue weighted by molar-refractivity contribution is 5.81. The second kappa shape index (κ2) is 7.70. The number of rotatable bonds is 7. The summed E-state index contributed by atoms with van der Waals surface area (Å²) in [6.07, 6.45) is 7.40. The van der Waals surface area contributed by atoms with Crippen molar-refractivity contribution in [2.45, 2.75) is 71.4 Å². The van der Waals surface area contributed by atoms with E-state index in [9.17, 15) is 4.79 Å². The third kappa shape index (κ3) is 5.07. The Morgan fingerprint density at radius 1 is 1.24 bits per heavy atom. The molecule has 3 nitrogen and oxygen atoms in total. The summed E-state index contributed by atoms with van der Waals surface area (Å²) in [6, 6.07) is 0.273. The standard InChI is InChI=1S/C14H28N2O/c1-4-13(5-2)16-14(17)11(3)15-10-12-8-6-7-9-12/h11-13,15H,4-10H2,1-3H3,(H,16,17). The number of hydrogen-bond donors (Lipinski definition) is 2. The van der Waals surface area contributed by atoms with Crippen molar-refractivity contribution >= 4 is 5.91 Å². The van der Waals surface area contributed by atoms with Crippen molar-refractivity contribution in [1.82, 2.24) is 10.6 Å². The summed E-state index contributed by atoms with van der Waals surface area (Å²) < 4.78 is 0. The average molecular weight is 240 g/mol. The van der Waals surface area contributed by atoms with Gasteiger partial charge in [0.15, 0.2) is 0 Å². The lowest BCUT2D eigenvalue weighted by molar-refractivity contribution is -0.123. The first-order valence-corrected chi connectivity index (χ1v) is 7.21. The lowest BCUT2D eigenvalue weighted by Gasteiger charge is -2.20. The Kier molecular flexibility index (Phi) is 6.56. The summed E-state index contributed by atoms with van der Waals surface area (Å²) in [5.74, 6) is 0.940. The zero-order valence-corrected chi connectivity index (χ0v) is 11.6. The molecular weight excluding hydrogens is 212 g/mol. The van der Waals surface area contributed by atoms with Gasteiger partial charge in [-0.15, -0.1) is 0 Å². The van der Waals surface area contributed by atoms with E-state index >= 15 is 0 Å². The highest BCUT2D eigenvalue weighted by Gasteiger charge is 2.19. The Hall–Kier alpha value is -0.570. The molecule has 0 aliphatic heterocycles. The predicted molar refractivity (Wildman–Crippen MR) is 71.9 cm³/mol. The minimum atomic E-state index is -0.0591. The summed E-state index contributed by atoms with van der Waals surface area (Å²) in [5, 5.41) is 6.46. The van der Waals surface area contributed by atoms with Crippen LogP contribution in [-0.4, -0.2) is 24.5 Å². The van der Waals surface area contributed by atoms with Gasteiger partial charge in [0.25, 0.3) is 0 Å². The molecule has 1 aliphatic carbocycles. The maximum Gasteiger partial charge on any atom is 0.237 e. The maximum absolute atomic E-state index is 11.9. The van der Waals surface area contributed by atoms with Crippen LogP contribution < -0.4 is 10.6 Å². The molecule has 0 aromatic heterocycles. The molecule has 100 valence electrons. The van der Waals surface area contributed by atoms with Crippen LogP contribution in [0.1, 0.15) is 59.3 Å². The van der Waals surface area contributed by atoms with E-state index in [1.807, 2.05) is 6.92 Å². The Morgan fingerprint density at radius 2 is 1.82 bits per heavy atom. The van der Waals surface area contributed by atoms with Gasteiger partial charge in [0.2, 0.25) is 5.91 Å². The van der Waals surface area contributed by atoms with E-state index < -0.39 is 0 Å². The van der Waals surface area contributed by atoms with Crippen LogP contribution in [0, 0.1) is 5.92 Å². The van der Waals surface area contributed by atoms with Gasteiger partial charge in [-0.1, -0.05) is 26.7 Å². The van der Waals surface area contributed by atoms with Crippen molar-refractivity contribution in [2.75, 3.05) is 6.54 Å². The van der Waals surface area contributed by atoms with Crippen LogP contribution in [0.25, 0.3) is 0 Å². The van der Waals surface area contributed by atoms with Crippen LogP contribution in [0.5, 0.6) is 0 Å². The Bertz CT molecular complexity index is 220. The Balaban J connectivity index is 2.21. The van der Waals surface area contributed by atoms with Crippen LogP contribution in [0.4, 0.5) is 0 Å². The quantitative estimate of drug-likeness (QED) is 0.717. The summed E-state index contributed by atoms with van der Waals surface area (Å²) in [5.41, 5.74) is 0. The summed E-state index contributed by atoms with van der Waals surface area (Å²) in [4.78, 5) is 11.9. The SMILES string of the molecule is CCC(CC)NC(=O)C(C)NCC1CCCC1. The minimum Gasteiger partial charge on any atom is -0.352 e. The molecule has 1 atom stereocenters. The van der Waals surface area contributed by atoms with Gasteiger partial charge in [-0.05, 0) is 45.1 Å². The molecule has 1 fully saturated rings. The van der Waals surface area contributed by atoms with Crippen molar-refractivity contribution in [3.05, 3.63) is 0 Å². The van der Waals surface area contributed by atoms with E-state index in [-0.39, 0.29) is 11.9 Å². The van der Waals surface area contributed by atoms with Crippen molar-refractivity contribution < 1.29 is 4.79 Å². The molecule has 0 bridgehead atoms. The average Bonchev–Trinajstić information content (AvgIpc) is 2.85. The van der Waals surface area contributed by atoms with E-state index in [0.29, 0.717) is 6.04 Å².